The molecule has 0 aromatic heterocycles. The van der Waals surface area contributed by atoms with Gasteiger partial charge in [0.25, 0.3) is 0 Å². The number of halogens is 2. The van der Waals surface area contributed by atoms with Crippen molar-refractivity contribution in [3.05, 3.63) is 64.5 Å². The lowest BCUT2D eigenvalue weighted by molar-refractivity contribution is -0.542. The van der Waals surface area contributed by atoms with Crippen molar-refractivity contribution < 1.29 is 14.8 Å². The number of ether oxygens (including phenoxy) is 2. The summed E-state index contributed by atoms with van der Waals surface area (Å²) in [6.45, 7) is 0.109. The zero-order valence-electron chi connectivity index (χ0n) is 13.1. The van der Waals surface area contributed by atoms with Crippen LogP contribution >= 0.6 is 23.2 Å². The summed E-state index contributed by atoms with van der Waals surface area (Å²) in [4.78, 5) is 0. The molecule has 5 nitrogen and oxygen atoms in total. The Morgan fingerprint density at radius 1 is 1.17 bits per heavy atom. The zero-order valence-corrected chi connectivity index (χ0v) is 14.6. The Balaban J connectivity index is 2.23. The Hall–Kier alpha value is -2.05. The molecule has 5 N–H and O–H groups in total. The normalized spacial score (nSPS) is 11.2. The molecule has 0 heterocycles. The average molecular weight is 367 g/mol. The molecular formula is C17H18Cl2N3O2+. The van der Waals surface area contributed by atoms with Gasteiger partial charge in [0.15, 0.2) is 5.69 Å². The van der Waals surface area contributed by atoms with Crippen LogP contribution in [-0.2, 0) is 0 Å². The quantitative estimate of drug-likeness (QED) is 0.399. The standard InChI is InChI=1S/C17H17Cl2N3O2/c1-23-13-3-5-14(6-4-13)24-17(9-12(21)10-20)22-16-7-2-11(18)8-15(16)19/h2-9,21-22H,10,20H2,1H3/p+1/b17-9+,21-12?. The Labute approximate surface area is 150 Å². The molecule has 0 saturated heterocycles. The van der Waals surface area contributed by atoms with Crippen LogP contribution < -0.4 is 20.5 Å². The first-order chi connectivity index (χ1) is 11.5. The van der Waals surface area contributed by atoms with E-state index in [0.717, 1.165) is 11.4 Å². The topological polar surface area (TPSA) is 84.9 Å². The highest BCUT2D eigenvalue weighted by molar-refractivity contribution is 6.35. The molecule has 0 fully saturated rings. The highest BCUT2D eigenvalue weighted by atomic mass is 35.5. The van der Waals surface area contributed by atoms with Gasteiger partial charge in [-0.05, 0) is 36.4 Å². The fourth-order valence-corrected chi connectivity index (χ4v) is 2.35. The van der Waals surface area contributed by atoms with Crippen molar-refractivity contribution in [2.75, 3.05) is 13.7 Å². The number of nitrogens with two attached hydrogens (primary N) is 2. The van der Waals surface area contributed by atoms with Gasteiger partial charge in [0.1, 0.15) is 16.5 Å². The molecule has 0 spiro atoms. The van der Waals surface area contributed by atoms with Crippen LogP contribution in [0.2, 0.25) is 10.0 Å². The zero-order chi connectivity index (χ0) is 17.5. The lowest BCUT2D eigenvalue weighted by Crippen LogP contribution is -2.77. The number of nitrogens with one attached hydrogen (secondary N) is 1. The molecule has 2 aromatic rings. The van der Waals surface area contributed by atoms with Gasteiger partial charge in [0, 0.05) is 17.6 Å². The summed E-state index contributed by atoms with van der Waals surface area (Å²) in [5, 5.41) is 10.5. The van der Waals surface area contributed by atoms with Crippen molar-refractivity contribution in [3.63, 3.8) is 0 Å². The van der Waals surface area contributed by atoms with Crippen molar-refractivity contribution in [1.82, 2.24) is 0 Å². The maximum absolute atomic E-state index is 7.78. The third-order valence-corrected chi connectivity index (χ3v) is 3.65. The van der Waals surface area contributed by atoms with Crippen molar-refractivity contribution >= 4 is 34.6 Å². The lowest BCUT2D eigenvalue weighted by Gasteiger charge is -2.10. The number of hydrogen-bond donors (Lipinski definition) is 3. The summed E-state index contributed by atoms with van der Waals surface area (Å²) in [5.41, 5.74) is 6.46. The number of benzene rings is 2. The molecule has 7 heteroatoms. The van der Waals surface area contributed by atoms with Gasteiger partial charge < -0.3 is 20.6 Å². The maximum Gasteiger partial charge on any atom is 0.300 e. The summed E-state index contributed by atoms with van der Waals surface area (Å²) in [7, 11) is 1.60. The second kappa shape index (κ2) is 8.70. The maximum atomic E-state index is 7.78. The summed E-state index contributed by atoms with van der Waals surface area (Å²) >= 11 is 12.1. The fraction of sp³-hybridized carbons (Fsp3) is 0.118. The van der Waals surface area contributed by atoms with Crippen LogP contribution in [0, 0.1) is 5.41 Å². The first kappa shape index (κ1) is 18.3. The van der Waals surface area contributed by atoms with Gasteiger partial charge in [-0.25, -0.2) is 5.32 Å². The van der Waals surface area contributed by atoms with E-state index in [0.29, 0.717) is 21.7 Å². The third-order valence-electron chi connectivity index (χ3n) is 3.09. The van der Waals surface area contributed by atoms with E-state index in [4.69, 9.17) is 43.8 Å². The van der Waals surface area contributed by atoms with E-state index in [1.165, 1.54) is 0 Å². The smallest absolute Gasteiger partial charge is 0.300 e. The van der Waals surface area contributed by atoms with Crippen LogP contribution in [0.4, 0.5) is 5.69 Å². The van der Waals surface area contributed by atoms with Gasteiger partial charge in [-0.2, -0.15) is 0 Å². The molecule has 0 aliphatic rings. The second-order valence-electron chi connectivity index (χ2n) is 4.86. The summed E-state index contributed by atoms with van der Waals surface area (Å²) < 4.78 is 11.0. The van der Waals surface area contributed by atoms with E-state index in [1.807, 2.05) is 0 Å². The fourth-order valence-electron chi connectivity index (χ4n) is 1.88. The number of methoxy groups -OCH3 is 1. The largest absolute Gasteiger partial charge is 0.497 e. The van der Waals surface area contributed by atoms with Crippen LogP contribution in [0.1, 0.15) is 0 Å². The molecule has 0 amide bonds. The minimum absolute atomic E-state index is 0.109. The van der Waals surface area contributed by atoms with Crippen molar-refractivity contribution in [2.45, 2.75) is 0 Å². The van der Waals surface area contributed by atoms with E-state index >= 15 is 0 Å². The van der Waals surface area contributed by atoms with Gasteiger partial charge >= 0.3 is 5.88 Å². The van der Waals surface area contributed by atoms with Crippen LogP contribution in [0.15, 0.2) is 54.4 Å². The molecule has 0 aliphatic carbocycles. The molecule has 0 radical (unpaired) electrons. The van der Waals surface area contributed by atoms with Crippen molar-refractivity contribution in [2.24, 2.45) is 5.73 Å². The Morgan fingerprint density at radius 2 is 1.83 bits per heavy atom. The van der Waals surface area contributed by atoms with Crippen LogP contribution in [-0.4, -0.2) is 19.4 Å². The molecule has 24 heavy (non-hydrogen) atoms. The first-order valence-electron chi connectivity index (χ1n) is 7.12. The number of rotatable bonds is 7. The average Bonchev–Trinajstić information content (AvgIpc) is 2.57. The van der Waals surface area contributed by atoms with Gasteiger partial charge in [0.05, 0.1) is 18.9 Å². The van der Waals surface area contributed by atoms with Gasteiger partial charge in [-0.1, -0.05) is 23.2 Å². The van der Waals surface area contributed by atoms with Gasteiger partial charge in [-0.3, -0.25) is 0 Å². The van der Waals surface area contributed by atoms with E-state index in [9.17, 15) is 0 Å². The summed E-state index contributed by atoms with van der Waals surface area (Å²) in [6, 6.07) is 12.3. The van der Waals surface area contributed by atoms with Gasteiger partial charge in [0.2, 0.25) is 0 Å². The lowest BCUT2D eigenvalue weighted by atomic mass is 10.3. The third kappa shape index (κ3) is 5.25. The number of quaternary nitrogens is 1. The Morgan fingerprint density at radius 3 is 2.42 bits per heavy atom. The molecule has 0 saturated carbocycles. The number of hydrogen-bond acceptors (Lipinski definition) is 4. The SMILES string of the molecule is COc1ccc(O/C(=C/C(=N)CN)[NH2+]c2ccc(Cl)cc2Cl)cc1. The molecule has 0 unspecified atom stereocenters. The van der Waals surface area contributed by atoms with Gasteiger partial charge in [-0.15, -0.1) is 0 Å². The predicted octanol–water partition coefficient (Wildman–Crippen LogP) is 3.10. The Kier molecular flexibility index (Phi) is 6.63. The first-order valence-corrected chi connectivity index (χ1v) is 7.88. The van der Waals surface area contributed by atoms with E-state index in [1.54, 1.807) is 61.0 Å². The van der Waals surface area contributed by atoms with Crippen LogP contribution in [0.25, 0.3) is 0 Å². The second-order valence-corrected chi connectivity index (χ2v) is 5.71. The van der Waals surface area contributed by atoms with Crippen molar-refractivity contribution in [1.29, 1.82) is 5.41 Å². The van der Waals surface area contributed by atoms with Crippen LogP contribution in [0.5, 0.6) is 11.5 Å². The minimum atomic E-state index is 0.109. The molecular weight excluding hydrogens is 349 g/mol. The van der Waals surface area contributed by atoms with Crippen LogP contribution in [0.3, 0.4) is 0 Å². The molecule has 0 atom stereocenters. The van der Waals surface area contributed by atoms with E-state index in [2.05, 4.69) is 0 Å². The minimum Gasteiger partial charge on any atom is -0.497 e. The highest BCUT2D eigenvalue weighted by Crippen LogP contribution is 2.23. The summed E-state index contributed by atoms with van der Waals surface area (Å²) in [5.74, 6) is 1.78. The molecule has 0 aliphatic heterocycles. The summed E-state index contributed by atoms with van der Waals surface area (Å²) in [6.07, 6.45) is 1.55. The monoisotopic (exact) mass is 366 g/mol. The Bertz CT molecular complexity index is 746. The molecule has 0 bridgehead atoms. The van der Waals surface area contributed by atoms with E-state index in [-0.39, 0.29) is 12.3 Å². The predicted molar refractivity (Wildman–Crippen MR) is 96.5 cm³/mol. The molecule has 126 valence electrons. The highest BCUT2D eigenvalue weighted by Gasteiger charge is 2.12. The van der Waals surface area contributed by atoms with Crippen molar-refractivity contribution in [3.8, 4) is 11.5 Å². The molecule has 2 rings (SSSR count). The van der Waals surface area contributed by atoms with E-state index < -0.39 is 0 Å². The molecule has 2 aromatic carbocycles.